The van der Waals surface area contributed by atoms with E-state index in [4.69, 9.17) is 0 Å². The molecule has 2 heterocycles. The van der Waals surface area contributed by atoms with Gasteiger partial charge in [-0.3, -0.25) is 4.79 Å². The zero-order valence-corrected chi connectivity index (χ0v) is 18.6. The van der Waals surface area contributed by atoms with Crippen molar-refractivity contribution in [3.63, 3.8) is 0 Å². The number of benzene rings is 2. The van der Waals surface area contributed by atoms with Gasteiger partial charge in [0.15, 0.2) is 0 Å². The number of hydrogen-bond acceptors (Lipinski definition) is 2. The van der Waals surface area contributed by atoms with Crippen molar-refractivity contribution >= 4 is 5.91 Å². The van der Waals surface area contributed by atoms with Crippen LogP contribution in [-0.4, -0.2) is 41.6 Å². The van der Waals surface area contributed by atoms with E-state index in [0.29, 0.717) is 18.5 Å². The van der Waals surface area contributed by atoms with Gasteiger partial charge in [0.05, 0.1) is 5.56 Å². The predicted molar refractivity (Wildman–Crippen MR) is 122 cm³/mol. The molecule has 0 aliphatic carbocycles. The molecule has 2 aromatic carbocycles. The molecule has 0 saturated carbocycles. The zero-order valence-electron chi connectivity index (χ0n) is 18.6. The van der Waals surface area contributed by atoms with Crippen LogP contribution in [-0.2, 0) is 19.4 Å². The normalized spacial score (nSPS) is 16.4. The third-order valence-corrected chi connectivity index (χ3v) is 6.26. The third-order valence-electron chi connectivity index (χ3n) is 6.26. The molecule has 0 unspecified atom stereocenters. The van der Waals surface area contributed by atoms with Gasteiger partial charge >= 0.3 is 0 Å². The molecular formula is C26H29F2N3O. The van der Waals surface area contributed by atoms with E-state index in [1.807, 2.05) is 13.0 Å². The van der Waals surface area contributed by atoms with E-state index < -0.39 is 0 Å². The molecular weight excluding hydrogens is 408 g/mol. The lowest BCUT2D eigenvalue weighted by molar-refractivity contribution is 0.0937. The fourth-order valence-electron chi connectivity index (χ4n) is 4.42. The predicted octanol–water partition coefficient (Wildman–Crippen LogP) is 4.34. The molecule has 4 nitrogen and oxygen atoms in total. The van der Waals surface area contributed by atoms with Crippen molar-refractivity contribution in [3.05, 3.63) is 94.3 Å². The van der Waals surface area contributed by atoms with Crippen LogP contribution in [0, 0.1) is 18.6 Å². The molecule has 1 aromatic heterocycles. The highest BCUT2D eigenvalue weighted by atomic mass is 19.1. The lowest BCUT2D eigenvalue weighted by Crippen LogP contribution is -2.36. The average Bonchev–Trinajstić information content (AvgIpc) is 3.32. The molecule has 1 saturated heterocycles. The van der Waals surface area contributed by atoms with Crippen molar-refractivity contribution in [2.45, 2.75) is 38.8 Å². The van der Waals surface area contributed by atoms with Crippen molar-refractivity contribution in [2.24, 2.45) is 0 Å². The van der Waals surface area contributed by atoms with E-state index in [2.05, 4.69) is 21.8 Å². The second-order valence-electron chi connectivity index (χ2n) is 8.69. The van der Waals surface area contributed by atoms with Crippen molar-refractivity contribution < 1.29 is 13.6 Å². The Hall–Kier alpha value is -2.99. The maximum atomic E-state index is 13.3. The molecule has 0 radical (unpaired) electrons. The fourth-order valence-corrected chi connectivity index (χ4v) is 4.42. The van der Waals surface area contributed by atoms with Gasteiger partial charge in [0.25, 0.3) is 5.91 Å². The molecule has 1 N–H and O–H groups in total. The maximum absolute atomic E-state index is 13.3. The molecule has 4 rings (SSSR count). The zero-order chi connectivity index (χ0) is 22.7. The summed E-state index contributed by atoms with van der Waals surface area (Å²) in [5.41, 5.74) is 4.61. The Morgan fingerprint density at radius 2 is 1.66 bits per heavy atom. The lowest BCUT2D eigenvalue weighted by atomic mass is 10.1. The van der Waals surface area contributed by atoms with Gasteiger partial charge in [-0.1, -0.05) is 24.3 Å². The van der Waals surface area contributed by atoms with Crippen LogP contribution in [0.15, 0.2) is 54.6 Å². The minimum atomic E-state index is -0.266. The quantitative estimate of drug-likeness (QED) is 0.597. The van der Waals surface area contributed by atoms with Gasteiger partial charge in [0, 0.05) is 36.9 Å². The van der Waals surface area contributed by atoms with E-state index in [9.17, 15) is 13.6 Å². The largest absolute Gasteiger partial charge is 0.348 e. The Labute approximate surface area is 187 Å². The number of nitrogens with zero attached hydrogens (tertiary/aromatic N) is 2. The van der Waals surface area contributed by atoms with Crippen LogP contribution in [0.1, 0.15) is 39.3 Å². The fraction of sp³-hybridized carbons (Fsp3) is 0.346. The van der Waals surface area contributed by atoms with Gasteiger partial charge in [-0.05, 0) is 74.8 Å². The highest BCUT2D eigenvalue weighted by molar-refractivity contribution is 5.96. The first-order chi connectivity index (χ1) is 15.4. The molecule has 1 fully saturated rings. The van der Waals surface area contributed by atoms with Crippen molar-refractivity contribution in [3.8, 4) is 0 Å². The van der Waals surface area contributed by atoms with Crippen molar-refractivity contribution in [2.75, 3.05) is 20.1 Å². The molecule has 1 aliphatic rings. The van der Waals surface area contributed by atoms with Crippen LogP contribution in [0.3, 0.4) is 0 Å². The summed E-state index contributed by atoms with van der Waals surface area (Å²) in [7, 11) is 2.06. The summed E-state index contributed by atoms with van der Waals surface area (Å²) in [5.74, 6) is -0.568. The Morgan fingerprint density at radius 1 is 1.03 bits per heavy atom. The monoisotopic (exact) mass is 437 g/mol. The summed E-state index contributed by atoms with van der Waals surface area (Å²) in [4.78, 5) is 15.3. The number of aromatic nitrogens is 1. The number of halogens is 2. The number of rotatable bonds is 7. The first-order valence-corrected chi connectivity index (χ1v) is 11.1. The molecule has 32 heavy (non-hydrogen) atoms. The Balaban J connectivity index is 1.58. The smallest absolute Gasteiger partial charge is 0.253 e. The second-order valence-corrected chi connectivity index (χ2v) is 8.69. The second kappa shape index (κ2) is 9.65. The van der Waals surface area contributed by atoms with Gasteiger partial charge in [0.1, 0.15) is 11.6 Å². The average molecular weight is 438 g/mol. The summed E-state index contributed by atoms with van der Waals surface area (Å²) in [6.07, 6.45) is 2.28. The highest BCUT2D eigenvalue weighted by Gasteiger charge is 2.24. The molecule has 6 heteroatoms. The van der Waals surface area contributed by atoms with Crippen LogP contribution in [0.2, 0.25) is 0 Å². The van der Waals surface area contributed by atoms with Gasteiger partial charge in [-0.25, -0.2) is 8.78 Å². The van der Waals surface area contributed by atoms with Crippen LogP contribution in [0.5, 0.6) is 0 Å². The van der Waals surface area contributed by atoms with Gasteiger partial charge in [-0.2, -0.15) is 0 Å². The van der Waals surface area contributed by atoms with E-state index in [1.54, 1.807) is 24.3 Å². The number of nitrogens with one attached hydrogen (secondary N) is 1. The molecule has 3 aromatic rings. The number of carbonyl (C=O) groups excluding carboxylic acids is 1. The van der Waals surface area contributed by atoms with Crippen LogP contribution in [0.25, 0.3) is 0 Å². The molecule has 1 aliphatic heterocycles. The standard InChI is InChI=1S/C26H29F2N3O/c1-18-25(26(32)29-23-12-13-30(2)17-23)16-24(15-20-5-9-22(28)10-6-20)31(18)14-11-19-3-7-21(27)8-4-19/h3-10,16,23H,11-15,17H2,1-2H3,(H,29,32)/t23-/m0/s1. The summed E-state index contributed by atoms with van der Waals surface area (Å²) in [6, 6.07) is 15.1. The maximum Gasteiger partial charge on any atom is 0.253 e. The molecule has 1 atom stereocenters. The van der Waals surface area contributed by atoms with E-state index in [1.165, 1.54) is 24.3 Å². The van der Waals surface area contributed by atoms with E-state index >= 15 is 0 Å². The number of aryl methyl sites for hydroxylation is 1. The lowest BCUT2D eigenvalue weighted by Gasteiger charge is -2.14. The van der Waals surface area contributed by atoms with Gasteiger partial charge in [0.2, 0.25) is 0 Å². The first kappa shape index (κ1) is 22.2. The Morgan fingerprint density at radius 3 is 2.25 bits per heavy atom. The Kier molecular flexibility index (Phi) is 6.70. The van der Waals surface area contributed by atoms with Crippen LogP contribution >= 0.6 is 0 Å². The minimum Gasteiger partial charge on any atom is -0.348 e. The number of amides is 1. The molecule has 168 valence electrons. The number of likely N-dealkylation sites (N-methyl/N-ethyl adjacent to an activating group) is 1. The molecule has 0 spiro atoms. The van der Waals surface area contributed by atoms with Crippen molar-refractivity contribution in [1.82, 2.24) is 14.8 Å². The van der Waals surface area contributed by atoms with E-state index in [-0.39, 0.29) is 23.6 Å². The summed E-state index contributed by atoms with van der Waals surface area (Å²) in [6.45, 7) is 4.48. The number of carbonyl (C=O) groups is 1. The number of likely N-dealkylation sites (tertiary alicyclic amines) is 1. The first-order valence-electron chi connectivity index (χ1n) is 11.1. The van der Waals surface area contributed by atoms with Gasteiger partial charge < -0.3 is 14.8 Å². The SMILES string of the molecule is Cc1c(C(=O)N[C@H]2CCN(C)C2)cc(Cc2ccc(F)cc2)n1CCc1ccc(F)cc1. The Bertz CT molecular complexity index is 1070. The highest BCUT2D eigenvalue weighted by Crippen LogP contribution is 2.21. The van der Waals surface area contributed by atoms with Gasteiger partial charge in [-0.15, -0.1) is 0 Å². The minimum absolute atomic E-state index is 0.0521. The van der Waals surface area contributed by atoms with Crippen LogP contribution < -0.4 is 5.32 Å². The summed E-state index contributed by atoms with van der Waals surface area (Å²) >= 11 is 0. The summed E-state index contributed by atoms with van der Waals surface area (Å²) < 4.78 is 28.8. The topological polar surface area (TPSA) is 37.3 Å². The summed E-state index contributed by atoms with van der Waals surface area (Å²) in [5, 5.41) is 3.17. The number of hydrogen-bond donors (Lipinski definition) is 1. The third kappa shape index (κ3) is 5.25. The van der Waals surface area contributed by atoms with E-state index in [0.717, 1.165) is 48.4 Å². The molecule has 1 amide bonds. The molecule has 0 bridgehead atoms. The van der Waals surface area contributed by atoms with Crippen LogP contribution in [0.4, 0.5) is 8.78 Å². The van der Waals surface area contributed by atoms with Crippen molar-refractivity contribution in [1.29, 1.82) is 0 Å².